The van der Waals surface area contributed by atoms with Crippen LogP contribution in [0.15, 0.2) is 40.9 Å². The van der Waals surface area contributed by atoms with Gasteiger partial charge in [0.15, 0.2) is 0 Å². The number of piperidine rings is 1. The number of rotatable bonds is 4. The second kappa shape index (κ2) is 8.34. The van der Waals surface area contributed by atoms with Crippen molar-refractivity contribution in [1.29, 1.82) is 0 Å². The molecule has 3 aromatic rings. The summed E-state index contributed by atoms with van der Waals surface area (Å²) in [5, 5.41) is 13.7. The van der Waals surface area contributed by atoms with Gasteiger partial charge >= 0.3 is 12.1 Å². The first kappa shape index (κ1) is 22.2. The molecule has 1 aromatic carbocycles. The van der Waals surface area contributed by atoms with Gasteiger partial charge in [0.2, 0.25) is 5.76 Å². The van der Waals surface area contributed by atoms with Gasteiger partial charge in [-0.3, -0.25) is 9.48 Å². The number of carbonyl (C=O) groups excluding carboxylic acids is 1. The number of nitrogens with zero attached hydrogens (tertiary/aromatic N) is 3. The van der Waals surface area contributed by atoms with Gasteiger partial charge in [-0.25, -0.2) is 4.79 Å². The molecule has 2 aromatic heterocycles. The number of carbonyl (C=O) groups is 2. The van der Waals surface area contributed by atoms with Crippen LogP contribution in [0.2, 0.25) is 0 Å². The summed E-state index contributed by atoms with van der Waals surface area (Å²) in [6, 6.07) is 9.10. The standard InChI is InChI=1S/C24H22F3N3O4/c25-24(26,27)19-18-17(34-21(19)23(32)33)7-6-16-13-30(28-20(16)18)12-14-8-10-29(11-9-14)22(31)15-4-2-1-3-5-15/h1-5,13-14H,6-12H2,(H,32,33). The number of aryl methyl sites for hydroxylation is 2. The van der Waals surface area contributed by atoms with E-state index < -0.39 is 23.5 Å². The van der Waals surface area contributed by atoms with E-state index in [1.165, 1.54) is 0 Å². The van der Waals surface area contributed by atoms with Gasteiger partial charge in [-0.1, -0.05) is 18.2 Å². The second-order valence-electron chi connectivity index (χ2n) is 8.73. The Hall–Kier alpha value is -3.56. The molecule has 0 unspecified atom stereocenters. The summed E-state index contributed by atoms with van der Waals surface area (Å²) < 4.78 is 48.0. The summed E-state index contributed by atoms with van der Waals surface area (Å²) in [4.78, 5) is 25.8. The third kappa shape index (κ3) is 3.97. The summed E-state index contributed by atoms with van der Waals surface area (Å²) in [5.74, 6) is -2.61. The van der Waals surface area contributed by atoms with Crippen LogP contribution in [0, 0.1) is 5.92 Å². The number of benzene rings is 1. The fraction of sp³-hybridized carbons (Fsp3) is 0.375. The number of carboxylic acid groups (broad SMARTS) is 1. The minimum Gasteiger partial charge on any atom is -0.475 e. The molecule has 0 saturated carbocycles. The number of fused-ring (bicyclic) bond motifs is 3. The van der Waals surface area contributed by atoms with Gasteiger partial charge < -0.3 is 14.4 Å². The molecule has 2 aliphatic rings. The zero-order valence-electron chi connectivity index (χ0n) is 18.1. The van der Waals surface area contributed by atoms with Crippen molar-refractivity contribution in [2.75, 3.05) is 13.1 Å². The summed E-state index contributed by atoms with van der Waals surface area (Å²) in [6.07, 6.45) is -0.997. The number of furan rings is 1. The van der Waals surface area contributed by atoms with Crippen molar-refractivity contribution in [3.05, 3.63) is 64.7 Å². The highest BCUT2D eigenvalue weighted by Gasteiger charge is 2.45. The first-order valence-corrected chi connectivity index (χ1v) is 11.1. The van der Waals surface area contributed by atoms with Gasteiger partial charge in [0.25, 0.3) is 5.91 Å². The molecular weight excluding hydrogens is 451 g/mol. The maximum absolute atomic E-state index is 13.7. The van der Waals surface area contributed by atoms with E-state index in [0.29, 0.717) is 37.2 Å². The van der Waals surface area contributed by atoms with E-state index in [-0.39, 0.29) is 35.3 Å². The third-order valence-electron chi connectivity index (χ3n) is 6.52. The Morgan fingerprint density at radius 1 is 1.12 bits per heavy atom. The Bertz CT molecular complexity index is 1240. The molecule has 178 valence electrons. The summed E-state index contributed by atoms with van der Waals surface area (Å²) in [7, 11) is 0. The average Bonchev–Trinajstić information content (AvgIpc) is 3.40. The number of hydrogen-bond acceptors (Lipinski definition) is 4. The molecule has 5 rings (SSSR count). The van der Waals surface area contributed by atoms with Crippen molar-refractivity contribution in [2.45, 2.75) is 38.4 Å². The van der Waals surface area contributed by atoms with Crippen LogP contribution in [0.25, 0.3) is 11.3 Å². The summed E-state index contributed by atoms with van der Waals surface area (Å²) in [5.41, 5.74) is -0.0890. The predicted molar refractivity (Wildman–Crippen MR) is 114 cm³/mol. The molecule has 1 N–H and O–H groups in total. The Morgan fingerprint density at radius 2 is 1.82 bits per heavy atom. The normalized spacial score (nSPS) is 16.3. The van der Waals surface area contributed by atoms with Crippen molar-refractivity contribution in [1.82, 2.24) is 14.7 Å². The molecule has 3 heterocycles. The van der Waals surface area contributed by atoms with Crippen LogP contribution < -0.4 is 0 Å². The monoisotopic (exact) mass is 473 g/mol. The molecule has 1 saturated heterocycles. The van der Waals surface area contributed by atoms with E-state index in [2.05, 4.69) is 5.10 Å². The van der Waals surface area contributed by atoms with Crippen LogP contribution in [0.5, 0.6) is 0 Å². The SMILES string of the molecule is O=C(O)c1oc2c(c1C(F)(F)F)-c1nn(CC3CCN(C(=O)c4ccccc4)CC3)cc1CC2. The first-order valence-electron chi connectivity index (χ1n) is 11.1. The number of aromatic nitrogens is 2. The zero-order valence-corrected chi connectivity index (χ0v) is 18.1. The topological polar surface area (TPSA) is 88.6 Å². The quantitative estimate of drug-likeness (QED) is 0.602. The number of carboxylic acids is 1. The zero-order chi connectivity index (χ0) is 24.0. The van der Waals surface area contributed by atoms with Crippen molar-refractivity contribution in [2.24, 2.45) is 5.92 Å². The minimum atomic E-state index is -4.87. The lowest BCUT2D eigenvalue weighted by atomic mass is 9.93. The molecule has 0 atom stereocenters. The lowest BCUT2D eigenvalue weighted by Crippen LogP contribution is -2.39. The number of halogens is 3. The van der Waals surface area contributed by atoms with Gasteiger partial charge in [-0.15, -0.1) is 0 Å². The smallest absolute Gasteiger partial charge is 0.421 e. The molecule has 1 aliphatic carbocycles. The fourth-order valence-electron chi connectivity index (χ4n) is 4.87. The predicted octanol–water partition coefficient (Wildman–Crippen LogP) is 4.51. The molecule has 7 nitrogen and oxygen atoms in total. The number of alkyl halides is 3. The van der Waals surface area contributed by atoms with Gasteiger partial charge in [-0.05, 0) is 42.9 Å². The maximum Gasteiger partial charge on any atom is 0.421 e. The summed E-state index contributed by atoms with van der Waals surface area (Å²) >= 11 is 0. The molecule has 34 heavy (non-hydrogen) atoms. The Labute approximate surface area is 192 Å². The largest absolute Gasteiger partial charge is 0.475 e. The Morgan fingerprint density at radius 3 is 2.47 bits per heavy atom. The maximum atomic E-state index is 13.7. The molecule has 0 radical (unpaired) electrons. The summed E-state index contributed by atoms with van der Waals surface area (Å²) in [6.45, 7) is 1.72. The van der Waals surface area contributed by atoms with Gasteiger partial charge in [0.1, 0.15) is 11.3 Å². The second-order valence-corrected chi connectivity index (χ2v) is 8.73. The van der Waals surface area contributed by atoms with Crippen LogP contribution >= 0.6 is 0 Å². The van der Waals surface area contributed by atoms with E-state index in [1.807, 2.05) is 23.1 Å². The van der Waals surface area contributed by atoms with Crippen LogP contribution in [-0.2, 0) is 25.6 Å². The van der Waals surface area contributed by atoms with Crippen molar-refractivity contribution in [3.8, 4) is 11.3 Å². The average molecular weight is 473 g/mol. The highest BCUT2D eigenvalue weighted by molar-refractivity contribution is 5.94. The van der Waals surface area contributed by atoms with Crippen LogP contribution in [0.4, 0.5) is 13.2 Å². The van der Waals surface area contributed by atoms with Gasteiger partial charge in [0, 0.05) is 37.8 Å². The van der Waals surface area contributed by atoms with E-state index >= 15 is 0 Å². The van der Waals surface area contributed by atoms with E-state index in [4.69, 9.17) is 4.42 Å². The lowest BCUT2D eigenvalue weighted by molar-refractivity contribution is -0.138. The number of aromatic carboxylic acids is 1. The molecule has 1 aliphatic heterocycles. The van der Waals surface area contributed by atoms with E-state index in [1.54, 1.807) is 23.0 Å². The van der Waals surface area contributed by atoms with Crippen LogP contribution in [0.1, 0.15) is 50.6 Å². The number of likely N-dealkylation sites (tertiary alicyclic amines) is 1. The molecule has 1 fully saturated rings. The third-order valence-corrected chi connectivity index (χ3v) is 6.52. The highest BCUT2D eigenvalue weighted by atomic mass is 19.4. The molecule has 10 heteroatoms. The van der Waals surface area contributed by atoms with E-state index in [9.17, 15) is 27.9 Å². The van der Waals surface area contributed by atoms with Crippen molar-refractivity contribution >= 4 is 11.9 Å². The molecule has 0 spiro atoms. The number of amides is 1. The van der Waals surface area contributed by atoms with Gasteiger partial charge in [-0.2, -0.15) is 18.3 Å². The highest BCUT2D eigenvalue weighted by Crippen LogP contribution is 2.46. The van der Waals surface area contributed by atoms with Gasteiger partial charge in [0.05, 0.1) is 11.3 Å². The van der Waals surface area contributed by atoms with Crippen LogP contribution in [-0.4, -0.2) is 44.8 Å². The fourth-order valence-corrected chi connectivity index (χ4v) is 4.87. The molecule has 1 amide bonds. The van der Waals surface area contributed by atoms with Crippen molar-refractivity contribution in [3.63, 3.8) is 0 Å². The van der Waals surface area contributed by atoms with Crippen molar-refractivity contribution < 1.29 is 32.3 Å². The Kier molecular flexibility index (Phi) is 5.45. The Balaban J connectivity index is 1.33. The minimum absolute atomic E-state index is 0.00462. The van der Waals surface area contributed by atoms with Crippen LogP contribution in [0.3, 0.4) is 0 Å². The first-order chi connectivity index (χ1) is 16.2. The van der Waals surface area contributed by atoms with E-state index in [0.717, 1.165) is 12.8 Å². The molecular formula is C24H22F3N3O4. The lowest BCUT2D eigenvalue weighted by Gasteiger charge is -2.32. The number of hydrogen-bond donors (Lipinski definition) is 1. The molecule has 0 bridgehead atoms.